The number of nitrogens with one attached hydrogen (secondary N) is 1. The third kappa shape index (κ3) is 3.74. The van der Waals surface area contributed by atoms with Crippen LogP contribution in [0.1, 0.15) is 30.4 Å². The van der Waals surface area contributed by atoms with Gasteiger partial charge in [-0.15, -0.1) is 11.6 Å². The number of hydrogen-bond donors (Lipinski definition) is 1. The van der Waals surface area contributed by atoms with Crippen molar-refractivity contribution in [1.82, 2.24) is 5.32 Å². The van der Waals surface area contributed by atoms with Gasteiger partial charge >= 0.3 is 0 Å². The van der Waals surface area contributed by atoms with E-state index < -0.39 is 0 Å². The van der Waals surface area contributed by atoms with Crippen LogP contribution in [0.2, 0.25) is 0 Å². The van der Waals surface area contributed by atoms with E-state index in [1.54, 1.807) is 0 Å². The average Bonchev–Trinajstić information content (AvgIpc) is 2.75. The molecule has 3 heteroatoms. The second-order valence-electron chi connectivity index (χ2n) is 5.17. The van der Waals surface area contributed by atoms with Crippen LogP contribution in [0.15, 0.2) is 24.3 Å². The Morgan fingerprint density at radius 2 is 2.06 bits per heavy atom. The standard InChI is InChI=1S/C15H20ClNO/c1-11-5-7-12(8-6-11)9-15(18)17-10-13-3-2-4-14(13)16/h5-8,13-14H,2-4,9-10H2,1H3,(H,17,18). The third-order valence-electron chi connectivity index (χ3n) is 3.61. The highest BCUT2D eigenvalue weighted by atomic mass is 35.5. The number of halogens is 1. The van der Waals surface area contributed by atoms with E-state index in [0.717, 1.165) is 24.9 Å². The van der Waals surface area contributed by atoms with Gasteiger partial charge in [-0.25, -0.2) is 0 Å². The lowest BCUT2D eigenvalue weighted by Crippen LogP contribution is -2.32. The molecule has 2 rings (SSSR count). The van der Waals surface area contributed by atoms with E-state index in [2.05, 4.69) is 5.32 Å². The zero-order chi connectivity index (χ0) is 13.0. The summed E-state index contributed by atoms with van der Waals surface area (Å²) in [6.07, 6.45) is 3.87. The Hall–Kier alpha value is -1.02. The van der Waals surface area contributed by atoms with Gasteiger partial charge in [0.15, 0.2) is 0 Å². The highest BCUT2D eigenvalue weighted by molar-refractivity contribution is 6.20. The third-order valence-corrected chi connectivity index (χ3v) is 4.19. The van der Waals surface area contributed by atoms with Gasteiger partial charge in [0.2, 0.25) is 5.91 Å². The maximum absolute atomic E-state index is 11.8. The molecule has 1 aromatic carbocycles. The summed E-state index contributed by atoms with van der Waals surface area (Å²) in [7, 11) is 0. The molecule has 0 saturated heterocycles. The molecule has 0 aliphatic heterocycles. The number of hydrogen-bond acceptors (Lipinski definition) is 1. The van der Waals surface area contributed by atoms with Crippen molar-refractivity contribution < 1.29 is 4.79 Å². The van der Waals surface area contributed by atoms with E-state index >= 15 is 0 Å². The van der Waals surface area contributed by atoms with Crippen LogP contribution < -0.4 is 5.32 Å². The average molecular weight is 266 g/mol. The Morgan fingerprint density at radius 1 is 1.33 bits per heavy atom. The topological polar surface area (TPSA) is 29.1 Å². The fourth-order valence-corrected chi connectivity index (χ4v) is 2.79. The number of aryl methyl sites for hydroxylation is 1. The predicted octanol–water partition coefficient (Wildman–Crippen LogP) is 3.06. The first-order valence-corrected chi connectivity index (χ1v) is 7.05. The van der Waals surface area contributed by atoms with Crippen LogP contribution in [0, 0.1) is 12.8 Å². The van der Waals surface area contributed by atoms with E-state index in [1.165, 1.54) is 12.0 Å². The zero-order valence-electron chi connectivity index (χ0n) is 10.8. The minimum atomic E-state index is 0.0922. The maximum atomic E-state index is 11.8. The molecule has 0 bridgehead atoms. The van der Waals surface area contributed by atoms with E-state index in [0.29, 0.717) is 12.3 Å². The van der Waals surface area contributed by atoms with E-state index in [9.17, 15) is 4.79 Å². The Kier molecular flexibility index (Phi) is 4.65. The molecule has 2 atom stereocenters. The summed E-state index contributed by atoms with van der Waals surface area (Å²) < 4.78 is 0. The summed E-state index contributed by atoms with van der Waals surface area (Å²) in [5.74, 6) is 0.545. The summed E-state index contributed by atoms with van der Waals surface area (Å²) in [5, 5.41) is 3.24. The smallest absolute Gasteiger partial charge is 0.224 e. The lowest BCUT2D eigenvalue weighted by atomic mass is 10.1. The van der Waals surface area contributed by atoms with Crippen LogP contribution in [0.4, 0.5) is 0 Å². The highest BCUT2D eigenvalue weighted by Gasteiger charge is 2.25. The molecule has 18 heavy (non-hydrogen) atoms. The van der Waals surface area contributed by atoms with Gasteiger partial charge in [-0.1, -0.05) is 36.2 Å². The molecule has 0 radical (unpaired) electrons. The Morgan fingerprint density at radius 3 is 2.67 bits per heavy atom. The van der Waals surface area contributed by atoms with Crippen LogP contribution in [-0.4, -0.2) is 17.8 Å². The molecule has 1 fully saturated rings. The summed E-state index contributed by atoms with van der Waals surface area (Å²) in [6, 6.07) is 8.09. The van der Waals surface area contributed by atoms with Gasteiger partial charge in [-0.05, 0) is 31.2 Å². The van der Waals surface area contributed by atoms with E-state index in [1.807, 2.05) is 31.2 Å². The second kappa shape index (κ2) is 6.24. The van der Waals surface area contributed by atoms with Gasteiger partial charge in [-0.2, -0.15) is 0 Å². The Bertz CT molecular complexity index is 401. The van der Waals surface area contributed by atoms with Gasteiger partial charge in [0.05, 0.1) is 6.42 Å². The zero-order valence-corrected chi connectivity index (χ0v) is 11.5. The fraction of sp³-hybridized carbons (Fsp3) is 0.533. The highest BCUT2D eigenvalue weighted by Crippen LogP contribution is 2.29. The van der Waals surface area contributed by atoms with Crippen LogP contribution in [0.5, 0.6) is 0 Å². The first-order valence-electron chi connectivity index (χ1n) is 6.61. The van der Waals surface area contributed by atoms with Gasteiger partial charge in [0.1, 0.15) is 0 Å². The molecule has 2 nitrogen and oxygen atoms in total. The molecule has 98 valence electrons. The van der Waals surface area contributed by atoms with Crippen LogP contribution >= 0.6 is 11.6 Å². The van der Waals surface area contributed by atoms with Crippen LogP contribution in [0.3, 0.4) is 0 Å². The second-order valence-corrected chi connectivity index (χ2v) is 5.73. The number of amides is 1. The molecule has 1 aromatic rings. The Labute approximate surface area is 114 Å². The van der Waals surface area contributed by atoms with Crippen molar-refractivity contribution in [2.45, 2.75) is 38.0 Å². The monoisotopic (exact) mass is 265 g/mol. The van der Waals surface area contributed by atoms with Crippen LogP contribution in [0.25, 0.3) is 0 Å². The van der Waals surface area contributed by atoms with Crippen molar-refractivity contribution >= 4 is 17.5 Å². The molecule has 0 heterocycles. The molecule has 1 amide bonds. The lowest BCUT2D eigenvalue weighted by molar-refractivity contribution is -0.120. The predicted molar refractivity (Wildman–Crippen MR) is 74.9 cm³/mol. The number of carbonyl (C=O) groups is 1. The van der Waals surface area contributed by atoms with E-state index in [4.69, 9.17) is 11.6 Å². The summed E-state index contributed by atoms with van der Waals surface area (Å²) >= 11 is 6.19. The van der Waals surface area contributed by atoms with Crippen molar-refractivity contribution in [3.63, 3.8) is 0 Å². The molecule has 1 N–H and O–H groups in total. The van der Waals surface area contributed by atoms with Crippen molar-refractivity contribution in [2.24, 2.45) is 5.92 Å². The molecular formula is C15H20ClNO. The van der Waals surface area contributed by atoms with Gasteiger partial charge < -0.3 is 5.32 Å². The first-order chi connectivity index (χ1) is 8.65. The van der Waals surface area contributed by atoms with Crippen molar-refractivity contribution in [3.05, 3.63) is 35.4 Å². The number of rotatable bonds is 4. The molecule has 1 aliphatic carbocycles. The van der Waals surface area contributed by atoms with E-state index in [-0.39, 0.29) is 11.3 Å². The van der Waals surface area contributed by atoms with Crippen molar-refractivity contribution in [2.75, 3.05) is 6.54 Å². The SMILES string of the molecule is Cc1ccc(CC(=O)NCC2CCCC2Cl)cc1. The summed E-state index contributed by atoms with van der Waals surface area (Å²) in [6.45, 7) is 2.77. The molecule has 2 unspecified atom stereocenters. The molecule has 1 saturated carbocycles. The number of carbonyl (C=O) groups excluding carboxylic acids is 1. The van der Waals surface area contributed by atoms with Gasteiger partial charge in [0.25, 0.3) is 0 Å². The molecule has 0 aromatic heterocycles. The quantitative estimate of drug-likeness (QED) is 0.833. The maximum Gasteiger partial charge on any atom is 0.224 e. The largest absolute Gasteiger partial charge is 0.355 e. The molecular weight excluding hydrogens is 246 g/mol. The fourth-order valence-electron chi connectivity index (χ4n) is 2.42. The molecule has 1 aliphatic rings. The number of alkyl halides is 1. The minimum Gasteiger partial charge on any atom is -0.355 e. The first kappa shape index (κ1) is 13.4. The van der Waals surface area contributed by atoms with Crippen LogP contribution in [-0.2, 0) is 11.2 Å². The van der Waals surface area contributed by atoms with Gasteiger partial charge in [-0.3, -0.25) is 4.79 Å². The van der Waals surface area contributed by atoms with Crippen molar-refractivity contribution in [1.29, 1.82) is 0 Å². The van der Waals surface area contributed by atoms with Crippen molar-refractivity contribution in [3.8, 4) is 0 Å². The normalized spacial score (nSPS) is 23.0. The number of benzene rings is 1. The minimum absolute atomic E-state index is 0.0922. The molecule has 0 spiro atoms. The lowest BCUT2D eigenvalue weighted by Gasteiger charge is -2.14. The van der Waals surface area contributed by atoms with Gasteiger partial charge in [0, 0.05) is 11.9 Å². The summed E-state index contributed by atoms with van der Waals surface area (Å²) in [4.78, 5) is 11.8. The Balaban J connectivity index is 1.76. The summed E-state index contributed by atoms with van der Waals surface area (Å²) in [5.41, 5.74) is 2.28.